The highest BCUT2D eigenvalue weighted by atomic mass is 35.5. The Hall–Kier alpha value is -0.940. The van der Waals surface area contributed by atoms with Crippen LogP contribution in [0.25, 0.3) is 10.9 Å². The molecule has 0 spiro atoms. The van der Waals surface area contributed by atoms with Gasteiger partial charge in [0.05, 0.1) is 10.9 Å². The molecule has 1 unspecified atom stereocenters. The first-order valence-electron chi connectivity index (χ1n) is 7.07. The van der Waals surface area contributed by atoms with E-state index in [4.69, 9.17) is 16.7 Å². The molecule has 2 aromatic heterocycles. The van der Waals surface area contributed by atoms with Crippen LogP contribution in [0.2, 0.25) is 5.15 Å². The summed E-state index contributed by atoms with van der Waals surface area (Å²) in [5, 5.41) is 6.50. The van der Waals surface area contributed by atoms with E-state index in [1.54, 1.807) is 0 Å². The first kappa shape index (κ1) is 14.0. The van der Waals surface area contributed by atoms with E-state index in [-0.39, 0.29) is 0 Å². The fraction of sp³-hybridized carbons (Fsp3) is 0.571. The Kier molecular flexibility index (Phi) is 4.08. The van der Waals surface area contributed by atoms with Crippen LogP contribution in [0.3, 0.4) is 0 Å². The summed E-state index contributed by atoms with van der Waals surface area (Å²) < 4.78 is 2.10. The molecule has 0 aromatic carbocycles. The molecule has 0 bridgehead atoms. The second-order valence-corrected chi connectivity index (χ2v) is 6.76. The number of rotatable bonds is 3. The Labute approximate surface area is 128 Å². The molecule has 1 atom stereocenters. The Balaban J connectivity index is 2.12. The standard InChI is InChI=1S/C14H19ClN4S/c1-3-10(2)19-12-8-13(15)16-9-11(12)14(17-19)18-4-6-20-7-5-18/h8-10H,3-7H2,1-2H3. The molecule has 1 saturated heterocycles. The normalized spacial score (nSPS) is 17.6. The molecule has 3 rings (SSSR count). The number of pyridine rings is 1. The lowest BCUT2D eigenvalue weighted by molar-refractivity contribution is 0.492. The highest BCUT2D eigenvalue weighted by Gasteiger charge is 2.21. The largest absolute Gasteiger partial charge is 0.353 e. The molecule has 108 valence electrons. The van der Waals surface area contributed by atoms with E-state index in [0.717, 1.165) is 36.2 Å². The molecular weight excluding hydrogens is 292 g/mol. The minimum atomic E-state index is 0.365. The third-order valence-electron chi connectivity index (χ3n) is 3.86. The average molecular weight is 311 g/mol. The molecule has 6 heteroatoms. The first-order chi connectivity index (χ1) is 9.70. The van der Waals surface area contributed by atoms with E-state index in [0.29, 0.717) is 11.2 Å². The van der Waals surface area contributed by atoms with Crippen molar-refractivity contribution in [2.75, 3.05) is 29.5 Å². The van der Waals surface area contributed by atoms with Crippen LogP contribution in [0.5, 0.6) is 0 Å². The zero-order chi connectivity index (χ0) is 14.1. The molecule has 4 nitrogen and oxygen atoms in total. The van der Waals surface area contributed by atoms with Gasteiger partial charge in [0.25, 0.3) is 0 Å². The number of hydrogen-bond donors (Lipinski definition) is 0. The summed E-state index contributed by atoms with van der Waals surface area (Å²) in [5.41, 5.74) is 1.09. The van der Waals surface area contributed by atoms with Gasteiger partial charge in [-0.05, 0) is 13.3 Å². The van der Waals surface area contributed by atoms with Crippen LogP contribution in [0.1, 0.15) is 26.3 Å². The molecule has 0 saturated carbocycles. The second kappa shape index (κ2) is 5.82. The molecule has 3 heterocycles. The fourth-order valence-electron chi connectivity index (χ4n) is 2.51. The molecule has 1 fully saturated rings. The summed E-state index contributed by atoms with van der Waals surface area (Å²) in [6, 6.07) is 2.29. The lowest BCUT2D eigenvalue weighted by Crippen LogP contribution is -2.33. The van der Waals surface area contributed by atoms with Crippen LogP contribution in [-0.2, 0) is 0 Å². The van der Waals surface area contributed by atoms with Crippen LogP contribution < -0.4 is 4.90 Å². The third-order valence-corrected chi connectivity index (χ3v) is 5.01. The number of aromatic nitrogens is 3. The highest BCUT2D eigenvalue weighted by molar-refractivity contribution is 7.99. The molecule has 1 aliphatic rings. The van der Waals surface area contributed by atoms with Gasteiger partial charge in [-0.2, -0.15) is 16.9 Å². The molecule has 0 aliphatic carbocycles. The van der Waals surface area contributed by atoms with Crippen LogP contribution >= 0.6 is 23.4 Å². The predicted molar refractivity (Wildman–Crippen MR) is 87.1 cm³/mol. The van der Waals surface area contributed by atoms with E-state index < -0.39 is 0 Å². The van der Waals surface area contributed by atoms with Gasteiger partial charge in [0.15, 0.2) is 5.82 Å². The number of fused-ring (bicyclic) bond motifs is 1. The van der Waals surface area contributed by atoms with Crippen molar-refractivity contribution >= 4 is 40.1 Å². The minimum absolute atomic E-state index is 0.365. The van der Waals surface area contributed by atoms with Gasteiger partial charge in [0, 0.05) is 42.9 Å². The van der Waals surface area contributed by atoms with Crippen molar-refractivity contribution in [1.82, 2.24) is 14.8 Å². The van der Waals surface area contributed by atoms with Gasteiger partial charge >= 0.3 is 0 Å². The summed E-state index contributed by atoms with van der Waals surface area (Å²) in [5.74, 6) is 3.39. The number of thioether (sulfide) groups is 1. The van der Waals surface area contributed by atoms with Crippen molar-refractivity contribution < 1.29 is 0 Å². The monoisotopic (exact) mass is 310 g/mol. The summed E-state index contributed by atoms with van der Waals surface area (Å²) in [4.78, 5) is 6.61. The Morgan fingerprint density at radius 3 is 2.85 bits per heavy atom. The van der Waals surface area contributed by atoms with Crippen molar-refractivity contribution in [2.24, 2.45) is 0 Å². The number of halogens is 1. The van der Waals surface area contributed by atoms with E-state index in [1.165, 1.54) is 11.5 Å². The quantitative estimate of drug-likeness (QED) is 0.811. The van der Waals surface area contributed by atoms with Crippen LogP contribution in [0.15, 0.2) is 12.3 Å². The average Bonchev–Trinajstić information content (AvgIpc) is 2.86. The van der Waals surface area contributed by atoms with Gasteiger partial charge in [-0.1, -0.05) is 18.5 Å². The third kappa shape index (κ3) is 2.49. The van der Waals surface area contributed by atoms with Crippen molar-refractivity contribution in [3.8, 4) is 0 Å². The van der Waals surface area contributed by atoms with Gasteiger partial charge < -0.3 is 4.90 Å². The van der Waals surface area contributed by atoms with Gasteiger partial charge in [-0.15, -0.1) is 0 Å². The van der Waals surface area contributed by atoms with Gasteiger partial charge in [-0.25, -0.2) is 4.98 Å². The highest BCUT2D eigenvalue weighted by Crippen LogP contribution is 2.31. The smallest absolute Gasteiger partial charge is 0.160 e. The Morgan fingerprint density at radius 1 is 1.40 bits per heavy atom. The zero-order valence-corrected chi connectivity index (χ0v) is 13.4. The van der Waals surface area contributed by atoms with Crippen molar-refractivity contribution in [3.63, 3.8) is 0 Å². The molecule has 2 aromatic rings. The molecule has 0 N–H and O–H groups in total. The summed E-state index contributed by atoms with van der Waals surface area (Å²) in [6.07, 6.45) is 2.91. The van der Waals surface area contributed by atoms with Crippen LogP contribution in [0.4, 0.5) is 5.82 Å². The van der Waals surface area contributed by atoms with Crippen LogP contribution in [0, 0.1) is 0 Å². The second-order valence-electron chi connectivity index (χ2n) is 5.15. The maximum atomic E-state index is 6.06. The first-order valence-corrected chi connectivity index (χ1v) is 8.60. The summed E-state index contributed by atoms with van der Waals surface area (Å²) >= 11 is 8.07. The van der Waals surface area contributed by atoms with Gasteiger partial charge in [0.2, 0.25) is 0 Å². The minimum Gasteiger partial charge on any atom is -0.353 e. The van der Waals surface area contributed by atoms with Crippen molar-refractivity contribution in [2.45, 2.75) is 26.3 Å². The van der Waals surface area contributed by atoms with E-state index in [9.17, 15) is 0 Å². The van der Waals surface area contributed by atoms with E-state index >= 15 is 0 Å². The van der Waals surface area contributed by atoms with E-state index in [1.807, 2.05) is 24.0 Å². The lowest BCUT2D eigenvalue weighted by Gasteiger charge is -2.26. The number of anilines is 1. The maximum absolute atomic E-state index is 6.06. The molecule has 0 radical (unpaired) electrons. The summed E-state index contributed by atoms with van der Waals surface area (Å²) in [7, 11) is 0. The number of hydrogen-bond acceptors (Lipinski definition) is 4. The molecule has 0 amide bonds. The lowest BCUT2D eigenvalue weighted by atomic mass is 10.2. The Morgan fingerprint density at radius 2 is 2.15 bits per heavy atom. The summed E-state index contributed by atoms with van der Waals surface area (Å²) in [6.45, 7) is 6.48. The zero-order valence-electron chi connectivity index (χ0n) is 11.8. The molecular formula is C14H19ClN4S. The topological polar surface area (TPSA) is 34.0 Å². The molecule has 1 aliphatic heterocycles. The number of nitrogens with zero attached hydrogens (tertiary/aromatic N) is 4. The Bertz CT molecular complexity index is 606. The maximum Gasteiger partial charge on any atom is 0.160 e. The fourth-order valence-corrected chi connectivity index (χ4v) is 3.56. The van der Waals surface area contributed by atoms with Crippen LogP contribution in [-0.4, -0.2) is 39.4 Å². The SMILES string of the molecule is CCC(C)n1nc(N2CCSCC2)c2cnc(Cl)cc21. The van der Waals surface area contributed by atoms with Gasteiger partial charge in [0.1, 0.15) is 5.15 Å². The van der Waals surface area contributed by atoms with Crippen molar-refractivity contribution in [1.29, 1.82) is 0 Å². The van der Waals surface area contributed by atoms with Crippen molar-refractivity contribution in [3.05, 3.63) is 17.4 Å². The molecule has 20 heavy (non-hydrogen) atoms. The predicted octanol–water partition coefficient (Wildman–Crippen LogP) is 3.61. The van der Waals surface area contributed by atoms with E-state index in [2.05, 4.69) is 28.4 Å². The van der Waals surface area contributed by atoms with Gasteiger partial charge in [-0.3, -0.25) is 4.68 Å².